The minimum Gasteiger partial charge on any atom is -0.361 e. The van der Waals surface area contributed by atoms with Crippen LogP contribution < -0.4 is 5.32 Å². The van der Waals surface area contributed by atoms with Crippen molar-refractivity contribution in [2.24, 2.45) is 0 Å². The van der Waals surface area contributed by atoms with E-state index in [0.29, 0.717) is 24.0 Å². The van der Waals surface area contributed by atoms with Gasteiger partial charge in [0.2, 0.25) is 5.89 Å². The molecule has 0 fully saturated rings. The Morgan fingerprint density at radius 3 is 3.00 bits per heavy atom. The Morgan fingerprint density at radius 1 is 1.33 bits per heavy atom. The molecule has 0 aromatic carbocycles. The minimum absolute atomic E-state index is 0.430. The van der Waals surface area contributed by atoms with Crippen molar-refractivity contribution in [3.05, 3.63) is 29.8 Å². The van der Waals surface area contributed by atoms with Gasteiger partial charge in [-0.2, -0.15) is 19.6 Å². The molecule has 18 heavy (non-hydrogen) atoms. The maximum absolute atomic E-state index is 5.03. The molecule has 0 saturated heterocycles. The van der Waals surface area contributed by atoms with Crippen LogP contribution in [0.4, 0.5) is 5.82 Å². The summed E-state index contributed by atoms with van der Waals surface area (Å²) in [7, 11) is 0. The molecule has 0 amide bonds. The standard InChI is InChI=1S/C10H11N7O/c1-6-3-8(17-10(14-6)12-5-13-17)11-4-9-15-7(2)16-18-9/h3,5,11H,4H2,1-2H3. The van der Waals surface area contributed by atoms with Gasteiger partial charge in [0.05, 0.1) is 6.54 Å². The first-order chi connectivity index (χ1) is 8.72. The lowest BCUT2D eigenvalue weighted by atomic mass is 10.4. The van der Waals surface area contributed by atoms with Gasteiger partial charge in [-0.05, 0) is 13.8 Å². The van der Waals surface area contributed by atoms with Gasteiger partial charge in [0.25, 0.3) is 5.78 Å². The summed E-state index contributed by atoms with van der Waals surface area (Å²) in [6.07, 6.45) is 1.46. The monoisotopic (exact) mass is 245 g/mol. The molecule has 0 bridgehead atoms. The SMILES string of the molecule is Cc1cc(NCc2nc(C)no2)n2ncnc2n1. The molecule has 8 heteroatoms. The fraction of sp³-hybridized carbons (Fsp3) is 0.300. The zero-order valence-corrected chi connectivity index (χ0v) is 9.95. The van der Waals surface area contributed by atoms with E-state index in [2.05, 4.69) is 30.5 Å². The fourth-order valence-corrected chi connectivity index (χ4v) is 1.63. The molecule has 3 aromatic heterocycles. The third-order valence-corrected chi connectivity index (χ3v) is 2.37. The van der Waals surface area contributed by atoms with E-state index < -0.39 is 0 Å². The maximum atomic E-state index is 5.03. The Balaban J connectivity index is 1.87. The summed E-state index contributed by atoms with van der Waals surface area (Å²) in [4.78, 5) is 12.4. The molecule has 0 aliphatic heterocycles. The molecule has 0 atom stereocenters. The van der Waals surface area contributed by atoms with Crippen molar-refractivity contribution in [2.45, 2.75) is 20.4 Å². The maximum Gasteiger partial charge on any atom is 0.254 e. The van der Waals surface area contributed by atoms with E-state index in [1.165, 1.54) is 6.33 Å². The summed E-state index contributed by atoms with van der Waals surface area (Å²) in [5.74, 6) is 2.48. The number of nitrogens with zero attached hydrogens (tertiary/aromatic N) is 6. The molecule has 3 rings (SSSR count). The number of anilines is 1. The number of nitrogens with one attached hydrogen (secondary N) is 1. The normalized spacial score (nSPS) is 11.0. The molecule has 0 radical (unpaired) electrons. The Morgan fingerprint density at radius 2 is 2.22 bits per heavy atom. The lowest BCUT2D eigenvalue weighted by Crippen LogP contribution is -2.07. The molecule has 92 valence electrons. The molecule has 0 unspecified atom stereocenters. The first-order valence-electron chi connectivity index (χ1n) is 5.43. The van der Waals surface area contributed by atoms with E-state index in [1.807, 2.05) is 13.0 Å². The van der Waals surface area contributed by atoms with E-state index in [-0.39, 0.29) is 0 Å². The summed E-state index contributed by atoms with van der Waals surface area (Å²) >= 11 is 0. The average molecular weight is 245 g/mol. The minimum atomic E-state index is 0.430. The van der Waals surface area contributed by atoms with Crippen molar-refractivity contribution in [1.82, 2.24) is 29.7 Å². The first-order valence-corrected chi connectivity index (χ1v) is 5.43. The largest absolute Gasteiger partial charge is 0.361 e. The van der Waals surface area contributed by atoms with Gasteiger partial charge in [-0.15, -0.1) is 0 Å². The van der Waals surface area contributed by atoms with Gasteiger partial charge >= 0.3 is 0 Å². The number of hydrogen-bond acceptors (Lipinski definition) is 7. The molecule has 0 saturated carbocycles. The molecular formula is C10H11N7O. The number of aryl methyl sites for hydroxylation is 2. The van der Waals surface area contributed by atoms with Gasteiger partial charge in [0, 0.05) is 11.8 Å². The lowest BCUT2D eigenvalue weighted by Gasteiger charge is -2.05. The Labute approximate surface area is 102 Å². The third-order valence-electron chi connectivity index (χ3n) is 2.37. The molecule has 3 aromatic rings. The zero-order chi connectivity index (χ0) is 12.5. The zero-order valence-electron chi connectivity index (χ0n) is 9.95. The highest BCUT2D eigenvalue weighted by Gasteiger charge is 2.07. The van der Waals surface area contributed by atoms with E-state index in [0.717, 1.165) is 11.5 Å². The quantitative estimate of drug-likeness (QED) is 0.727. The van der Waals surface area contributed by atoms with Gasteiger partial charge in [-0.1, -0.05) is 5.16 Å². The molecule has 0 aliphatic rings. The van der Waals surface area contributed by atoms with Gasteiger partial charge in [-0.25, -0.2) is 4.98 Å². The van der Waals surface area contributed by atoms with Crippen LogP contribution in [0.3, 0.4) is 0 Å². The molecule has 1 N–H and O–H groups in total. The smallest absolute Gasteiger partial charge is 0.254 e. The van der Waals surface area contributed by atoms with E-state index in [9.17, 15) is 0 Å². The number of rotatable bonds is 3. The van der Waals surface area contributed by atoms with Crippen LogP contribution in [0, 0.1) is 13.8 Å². The topological polar surface area (TPSA) is 94.0 Å². The summed E-state index contributed by atoms with van der Waals surface area (Å²) in [5.41, 5.74) is 0.861. The Hall–Kier alpha value is -2.51. The Kier molecular flexibility index (Phi) is 2.40. The van der Waals surface area contributed by atoms with Gasteiger partial charge in [-0.3, -0.25) is 0 Å². The highest BCUT2D eigenvalue weighted by Crippen LogP contribution is 2.11. The molecule has 0 spiro atoms. The van der Waals surface area contributed by atoms with Gasteiger partial charge in [0.15, 0.2) is 5.82 Å². The second-order valence-electron chi connectivity index (χ2n) is 3.84. The number of aromatic nitrogens is 6. The first kappa shape index (κ1) is 10.6. The number of fused-ring (bicyclic) bond motifs is 1. The molecular weight excluding hydrogens is 234 g/mol. The number of hydrogen-bond donors (Lipinski definition) is 1. The fourth-order valence-electron chi connectivity index (χ4n) is 1.63. The summed E-state index contributed by atoms with van der Waals surface area (Å²) < 4.78 is 6.65. The highest BCUT2D eigenvalue weighted by atomic mass is 16.5. The van der Waals surface area contributed by atoms with Crippen molar-refractivity contribution in [1.29, 1.82) is 0 Å². The summed E-state index contributed by atoms with van der Waals surface area (Å²) in [6, 6.07) is 1.88. The molecule has 3 heterocycles. The summed E-state index contributed by atoms with van der Waals surface area (Å²) in [6.45, 7) is 4.11. The van der Waals surface area contributed by atoms with Crippen molar-refractivity contribution in [3.63, 3.8) is 0 Å². The predicted octanol–water partition coefficient (Wildman–Crippen LogP) is 0.736. The van der Waals surface area contributed by atoms with Crippen LogP contribution in [-0.2, 0) is 6.54 Å². The van der Waals surface area contributed by atoms with Crippen molar-refractivity contribution < 1.29 is 4.52 Å². The van der Waals surface area contributed by atoms with Crippen LogP contribution in [0.15, 0.2) is 16.9 Å². The highest BCUT2D eigenvalue weighted by molar-refractivity contribution is 5.44. The lowest BCUT2D eigenvalue weighted by molar-refractivity contribution is 0.379. The Bertz CT molecular complexity index is 686. The van der Waals surface area contributed by atoms with Crippen LogP contribution in [0.2, 0.25) is 0 Å². The van der Waals surface area contributed by atoms with Crippen LogP contribution in [-0.4, -0.2) is 29.7 Å². The van der Waals surface area contributed by atoms with E-state index in [1.54, 1.807) is 11.4 Å². The molecule has 0 aliphatic carbocycles. The predicted molar refractivity (Wildman–Crippen MR) is 61.9 cm³/mol. The van der Waals surface area contributed by atoms with Crippen molar-refractivity contribution in [3.8, 4) is 0 Å². The van der Waals surface area contributed by atoms with E-state index >= 15 is 0 Å². The van der Waals surface area contributed by atoms with E-state index in [4.69, 9.17) is 4.52 Å². The van der Waals surface area contributed by atoms with Crippen LogP contribution >= 0.6 is 0 Å². The summed E-state index contributed by atoms with van der Waals surface area (Å²) in [5, 5.41) is 11.0. The second-order valence-corrected chi connectivity index (χ2v) is 3.84. The third kappa shape index (κ3) is 1.88. The molecule has 8 nitrogen and oxygen atoms in total. The van der Waals surface area contributed by atoms with Crippen LogP contribution in [0.5, 0.6) is 0 Å². The average Bonchev–Trinajstić information content (AvgIpc) is 2.94. The van der Waals surface area contributed by atoms with Gasteiger partial charge < -0.3 is 9.84 Å². The van der Waals surface area contributed by atoms with Crippen molar-refractivity contribution >= 4 is 11.6 Å². The van der Waals surface area contributed by atoms with Crippen molar-refractivity contribution in [2.75, 3.05) is 5.32 Å². The van der Waals surface area contributed by atoms with Crippen LogP contribution in [0.1, 0.15) is 17.4 Å². The van der Waals surface area contributed by atoms with Crippen LogP contribution in [0.25, 0.3) is 5.78 Å². The van der Waals surface area contributed by atoms with Gasteiger partial charge in [0.1, 0.15) is 12.1 Å². The second kappa shape index (κ2) is 4.06.